The molecule has 0 unspecified atom stereocenters. The number of thiazole rings is 1. The number of amides is 1. The third-order valence-electron chi connectivity index (χ3n) is 3.92. The second-order valence-corrected chi connectivity index (χ2v) is 6.92. The Morgan fingerprint density at radius 2 is 2.04 bits per heavy atom. The first-order valence-electron chi connectivity index (χ1n) is 7.86. The zero-order valence-corrected chi connectivity index (χ0v) is 16.4. The highest BCUT2D eigenvalue weighted by molar-refractivity contribution is 7.14. The predicted octanol–water partition coefficient (Wildman–Crippen LogP) is 3.69. The van der Waals surface area contributed by atoms with Gasteiger partial charge >= 0.3 is 5.97 Å². The number of hydrogen-bond acceptors (Lipinski definition) is 7. The number of carbonyl (C=O) groups is 2. The predicted molar refractivity (Wildman–Crippen MR) is 104 cm³/mol. The summed E-state index contributed by atoms with van der Waals surface area (Å²) < 4.78 is 10.0. The molecule has 9 heteroatoms. The normalized spacial score (nSPS) is 10.7. The van der Waals surface area contributed by atoms with Crippen LogP contribution in [0.1, 0.15) is 22.8 Å². The van der Waals surface area contributed by atoms with Crippen LogP contribution in [0.2, 0.25) is 5.02 Å². The van der Waals surface area contributed by atoms with Crippen molar-refractivity contribution in [3.63, 3.8) is 0 Å². The maximum atomic E-state index is 12.1. The standard InChI is InChI=1S/C18H16ClN3O4S/c1-10(23)22(15-7-20-9-27-15)8-12-5-13(19)4-11-6-14(18(24)26-3)17(25-2)21-16(11)12/h4-7,9H,8H2,1-3H3. The van der Waals surface area contributed by atoms with Gasteiger partial charge < -0.3 is 9.47 Å². The number of anilines is 1. The van der Waals surface area contributed by atoms with Crippen molar-refractivity contribution in [1.82, 2.24) is 9.97 Å². The fraction of sp³-hybridized carbons (Fsp3) is 0.222. The lowest BCUT2D eigenvalue weighted by molar-refractivity contribution is -0.116. The lowest BCUT2D eigenvalue weighted by atomic mass is 10.1. The summed E-state index contributed by atoms with van der Waals surface area (Å²) in [6.07, 6.45) is 1.63. The first kappa shape index (κ1) is 19.1. The Hall–Kier alpha value is -2.71. The van der Waals surface area contributed by atoms with Crippen LogP contribution in [0.3, 0.4) is 0 Å². The van der Waals surface area contributed by atoms with Gasteiger partial charge in [-0.05, 0) is 23.8 Å². The number of benzene rings is 1. The molecule has 1 aromatic carbocycles. The third-order valence-corrected chi connectivity index (χ3v) is 4.93. The van der Waals surface area contributed by atoms with Gasteiger partial charge in [0.25, 0.3) is 0 Å². The summed E-state index contributed by atoms with van der Waals surface area (Å²) >= 11 is 7.62. The summed E-state index contributed by atoms with van der Waals surface area (Å²) in [5, 5.41) is 1.83. The molecule has 3 aromatic rings. The maximum Gasteiger partial charge on any atom is 0.343 e. The number of rotatable bonds is 5. The van der Waals surface area contributed by atoms with Gasteiger partial charge in [-0.25, -0.2) is 9.78 Å². The van der Waals surface area contributed by atoms with Crippen LogP contribution in [0.4, 0.5) is 5.00 Å². The van der Waals surface area contributed by atoms with Gasteiger partial charge in [-0.1, -0.05) is 11.6 Å². The Balaban J connectivity index is 2.15. The second kappa shape index (κ2) is 7.89. The lowest BCUT2D eigenvalue weighted by Gasteiger charge is -2.20. The largest absolute Gasteiger partial charge is 0.480 e. The Morgan fingerprint density at radius 3 is 2.63 bits per heavy atom. The van der Waals surface area contributed by atoms with Crippen molar-refractivity contribution in [1.29, 1.82) is 0 Å². The molecule has 1 amide bonds. The number of methoxy groups -OCH3 is 2. The Labute approximate surface area is 164 Å². The Morgan fingerprint density at radius 1 is 1.26 bits per heavy atom. The number of carbonyl (C=O) groups excluding carboxylic acids is 2. The molecule has 27 heavy (non-hydrogen) atoms. The van der Waals surface area contributed by atoms with E-state index in [2.05, 4.69) is 9.97 Å². The molecule has 0 aliphatic carbocycles. The third kappa shape index (κ3) is 3.86. The van der Waals surface area contributed by atoms with E-state index in [1.165, 1.54) is 32.5 Å². The molecular weight excluding hydrogens is 390 g/mol. The number of hydrogen-bond donors (Lipinski definition) is 0. The highest BCUT2D eigenvalue weighted by Crippen LogP contribution is 2.30. The van der Waals surface area contributed by atoms with E-state index in [0.29, 0.717) is 20.9 Å². The fourth-order valence-electron chi connectivity index (χ4n) is 2.69. The van der Waals surface area contributed by atoms with Crippen molar-refractivity contribution >= 4 is 50.7 Å². The molecule has 0 radical (unpaired) electrons. The van der Waals surface area contributed by atoms with Gasteiger partial charge in [0.05, 0.1) is 38.0 Å². The van der Waals surface area contributed by atoms with Gasteiger partial charge in [0, 0.05) is 17.3 Å². The zero-order valence-electron chi connectivity index (χ0n) is 14.9. The van der Waals surface area contributed by atoms with E-state index in [-0.39, 0.29) is 23.9 Å². The van der Waals surface area contributed by atoms with E-state index in [1.807, 2.05) is 0 Å². The van der Waals surface area contributed by atoms with Crippen LogP contribution in [0.15, 0.2) is 29.9 Å². The monoisotopic (exact) mass is 405 g/mol. The molecular formula is C18H16ClN3O4S. The van der Waals surface area contributed by atoms with Gasteiger partial charge in [-0.15, -0.1) is 11.3 Å². The van der Waals surface area contributed by atoms with E-state index in [0.717, 1.165) is 5.56 Å². The van der Waals surface area contributed by atoms with E-state index < -0.39 is 5.97 Å². The number of aromatic nitrogens is 2. The molecule has 2 heterocycles. The second-order valence-electron chi connectivity index (χ2n) is 5.62. The Bertz CT molecular complexity index is 1010. The van der Waals surface area contributed by atoms with Crippen LogP contribution in [-0.4, -0.2) is 36.1 Å². The highest BCUT2D eigenvalue weighted by Gasteiger charge is 2.20. The smallest absolute Gasteiger partial charge is 0.343 e. The van der Waals surface area contributed by atoms with Gasteiger partial charge in [0.2, 0.25) is 11.8 Å². The molecule has 2 aromatic heterocycles. The number of esters is 1. The van der Waals surface area contributed by atoms with Crippen molar-refractivity contribution in [2.75, 3.05) is 19.1 Å². The fourth-order valence-corrected chi connectivity index (χ4v) is 3.61. The van der Waals surface area contributed by atoms with Crippen LogP contribution in [0.25, 0.3) is 10.9 Å². The number of pyridine rings is 1. The van der Waals surface area contributed by atoms with Crippen LogP contribution in [0.5, 0.6) is 5.88 Å². The van der Waals surface area contributed by atoms with Crippen molar-refractivity contribution < 1.29 is 19.1 Å². The highest BCUT2D eigenvalue weighted by atomic mass is 35.5. The van der Waals surface area contributed by atoms with Crippen LogP contribution in [0, 0.1) is 0 Å². The first-order chi connectivity index (χ1) is 12.9. The van der Waals surface area contributed by atoms with E-state index in [9.17, 15) is 9.59 Å². The Kier molecular flexibility index (Phi) is 5.57. The molecule has 140 valence electrons. The topological polar surface area (TPSA) is 81.6 Å². The molecule has 0 spiro atoms. The molecule has 0 saturated heterocycles. The molecule has 0 aliphatic heterocycles. The van der Waals surface area contributed by atoms with E-state index >= 15 is 0 Å². The molecule has 0 fully saturated rings. The summed E-state index contributed by atoms with van der Waals surface area (Å²) in [4.78, 5) is 34.2. The van der Waals surface area contributed by atoms with Gasteiger partial charge in [0.15, 0.2) is 0 Å². The van der Waals surface area contributed by atoms with Crippen molar-refractivity contribution in [2.45, 2.75) is 13.5 Å². The maximum absolute atomic E-state index is 12.1. The molecule has 0 atom stereocenters. The molecule has 0 bridgehead atoms. The minimum Gasteiger partial charge on any atom is -0.480 e. The number of nitrogens with zero attached hydrogens (tertiary/aromatic N) is 3. The number of halogens is 1. The van der Waals surface area contributed by atoms with Crippen LogP contribution >= 0.6 is 22.9 Å². The zero-order chi connectivity index (χ0) is 19.6. The molecule has 0 N–H and O–H groups in total. The molecule has 7 nitrogen and oxygen atoms in total. The average Bonchev–Trinajstić information content (AvgIpc) is 3.18. The van der Waals surface area contributed by atoms with Crippen molar-refractivity contribution in [2.24, 2.45) is 0 Å². The van der Waals surface area contributed by atoms with Gasteiger partial charge in [0.1, 0.15) is 10.6 Å². The van der Waals surface area contributed by atoms with Gasteiger partial charge in [-0.3, -0.25) is 14.7 Å². The van der Waals surface area contributed by atoms with Crippen LogP contribution < -0.4 is 9.64 Å². The van der Waals surface area contributed by atoms with Crippen LogP contribution in [-0.2, 0) is 16.1 Å². The summed E-state index contributed by atoms with van der Waals surface area (Å²) in [7, 11) is 2.71. The summed E-state index contributed by atoms with van der Waals surface area (Å²) in [6.45, 7) is 1.73. The summed E-state index contributed by atoms with van der Waals surface area (Å²) in [5.41, 5.74) is 3.16. The van der Waals surface area contributed by atoms with E-state index in [4.69, 9.17) is 21.1 Å². The molecule has 0 saturated carbocycles. The summed E-state index contributed by atoms with van der Waals surface area (Å²) in [6, 6.07) is 5.06. The SMILES string of the molecule is COC(=O)c1cc2cc(Cl)cc(CN(C(C)=O)c3cncs3)c2nc1OC. The van der Waals surface area contributed by atoms with E-state index in [1.54, 1.807) is 34.8 Å². The van der Waals surface area contributed by atoms with Crippen molar-refractivity contribution in [3.8, 4) is 5.88 Å². The first-order valence-corrected chi connectivity index (χ1v) is 9.12. The lowest BCUT2D eigenvalue weighted by Crippen LogP contribution is -2.27. The minimum absolute atomic E-state index is 0.134. The molecule has 0 aliphatic rings. The summed E-state index contributed by atoms with van der Waals surface area (Å²) in [5.74, 6) is -0.548. The molecule has 3 rings (SSSR count). The van der Waals surface area contributed by atoms with Crippen molar-refractivity contribution in [3.05, 3.63) is 46.1 Å². The minimum atomic E-state index is -0.558. The van der Waals surface area contributed by atoms with Gasteiger partial charge in [-0.2, -0.15) is 0 Å². The number of fused-ring (bicyclic) bond motifs is 1. The number of ether oxygens (including phenoxy) is 2. The average molecular weight is 406 g/mol. The quantitative estimate of drug-likeness (QED) is 0.602.